The highest BCUT2D eigenvalue weighted by Gasteiger charge is 2.13. The van der Waals surface area contributed by atoms with Crippen LogP contribution >= 0.6 is 27.5 Å². The lowest BCUT2D eigenvalue weighted by Gasteiger charge is -2.18. The standard InChI is InChI=1S/C9H12BrN.C9H12ClN/c2*1-9(2,3)7-4-5-11-8(10)6-7/h2*4-6H,1-3H3. The molecule has 2 rings (SSSR count). The van der Waals surface area contributed by atoms with Gasteiger partial charge in [0.2, 0.25) is 0 Å². The zero-order chi connectivity index (χ0) is 17.0. The zero-order valence-corrected chi connectivity index (χ0v) is 16.5. The highest BCUT2D eigenvalue weighted by molar-refractivity contribution is 9.10. The monoisotopic (exact) mass is 382 g/mol. The van der Waals surface area contributed by atoms with Crippen molar-refractivity contribution in [3.63, 3.8) is 0 Å². The summed E-state index contributed by atoms with van der Waals surface area (Å²) in [5.74, 6) is 0. The molecule has 0 spiro atoms. The highest BCUT2D eigenvalue weighted by Crippen LogP contribution is 2.23. The molecule has 22 heavy (non-hydrogen) atoms. The second-order valence-electron chi connectivity index (χ2n) is 7.23. The van der Waals surface area contributed by atoms with E-state index >= 15 is 0 Å². The Labute approximate surface area is 147 Å². The van der Waals surface area contributed by atoms with Crippen molar-refractivity contribution in [2.24, 2.45) is 0 Å². The van der Waals surface area contributed by atoms with Crippen LogP contribution in [0.4, 0.5) is 0 Å². The first-order valence-electron chi connectivity index (χ1n) is 7.24. The van der Waals surface area contributed by atoms with Crippen molar-refractivity contribution >= 4 is 27.5 Å². The Bertz CT molecular complexity index is 557. The third-order valence-corrected chi connectivity index (χ3v) is 3.83. The predicted molar refractivity (Wildman–Crippen MR) is 98.6 cm³/mol. The summed E-state index contributed by atoms with van der Waals surface area (Å²) in [4.78, 5) is 7.99. The van der Waals surface area contributed by atoms with Gasteiger partial charge in [0.15, 0.2) is 0 Å². The van der Waals surface area contributed by atoms with Crippen LogP contribution in [0.5, 0.6) is 0 Å². The van der Waals surface area contributed by atoms with E-state index in [1.54, 1.807) is 6.20 Å². The van der Waals surface area contributed by atoms with Crippen LogP contribution in [0.3, 0.4) is 0 Å². The van der Waals surface area contributed by atoms with Crippen LogP contribution in [-0.2, 0) is 10.8 Å². The molecule has 0 atom stereocenters. The summed E-state index contributed by atoms with van der Waals surface area (Å²) in [6, 6.07) is 8.00. The normalized spacial score (nSPS) is 11.6. The van der Waals surface area contributed by atoms with E-state index in [9.17, 15) is 0 Å². The van der Waals surface area contributed by atoms with Crippen LogP contribution in [-0.4, -0.2) is 9.97 Å². The second-order valence-corrected chi connectivity index (χ2v) is 8.43. The van der Waals surface area contributed by atoms with Crippen molar-refractivity contribution in [1.82, 2.24) is 9.97 Å². The van der Waals surface area contributed by atoms with Gasteiger partial charge in [-0.1, -0.05) is 53.1 Å². The van der Waals surface area contributed by atoms with Gasteiger partial charge >= 0.3 is 0 Å². The van der Waals surface area contributed by atoms with Gasteiger partial charge in [-0.3, -0.25) is 0 Å². The summed E-state index contributed by atoms with van der Waals surface area (Å²) >= 11 is 9.08. The fourth-order valence-corrected chi connectivity index (χ4v) is 2.28. The van der Waals surface area contributed by atoms with Gasteiger partial charge in [0.05, 0.1) is 0 Å². The third kappa shape index (κ3) is 6.45. The number of rotatable bonds is 0. The minimum Gasteiger partial charge on any atom is -0.249 e. The lowest BCUT2D eigenvalue weighted by molar-refractivity contribution is 0.588. The largest absolute Gasteiger partial charge is 0.249 e. The maximum Gasteiger partial charge on any atom is 0.129 e. The lowest BCUT2D eigenvalue weighted by atomic mass is 9.88. The van der Waals surface area contributed by atoms with Crippen molar-refractivity contribution in [3.8, 4) is 0 Å². The van der Waals surface area contributed by atoms with E-state index in [4.69, 9.17) is 11.6 Å². The molecule has 2 heterocycles. The summed E-state index contributed by atoms with van der Waals surface area (Å²) < 4.78 is 0.907. The molecule has 4 heteroatoms. The van der Waals surface area contributed by atoms with Gasteiger partial charge in [-0.05, 0) is 62.2 Å². The van der Waals surface area contributed by atoms with Gasteiger partial charge in [-0.15, -0.1) is 0 Å². The quantitative estimate of drug-likeness (QED) is 0.508. The molecule has 2 aromatic rings. The van der Waals surface area contributed by atoms with Crippen molar-refractivity contribution in [2.45, 2.75) is 52.4 Å². The SMILES string of the molecule is CC(C)(C)c1ccnc(Br)c1.CC(C)(C)c1ccnc(Cl)c1. The number of pyridine rings is 2. The van der Waals surface area contributed by atoms with E-state index < -0.39 is 0 Å². The maximum absolute atomic E-state index is 5.74. The van der Waals surface area contributed by atoms with Crippen LogP contribution in [0.1, 0.15) is 52.7 Å². The van der Waals surface area contributed by atoms with Crippen LogP contribution in [0.25, 0.3) is 0 Å². The van der Waals surface area contributed by atoms with Gasteiger partial charge in [0.1, 0.15) is 9.76 Å². The van der Waals surface area contributed by atoms with Crippen LogP contribution < -0.4 is 0 Å². The summed E-state index contributed by atoms with van der Waals surface area (Å²) in [5.41, 5.74) is 2.90. The maximum atomic E-state index is 5.74. The zero-order valence-electron chi connectivity index (χ0n) is 14.1. The number of aromatic nitrogens is 2. The van der Waals surface area contributed by atoms with Gasteiger partial charge in [-0.25, -0.2) is 9.97 Å². The van der Waals surface area contributed by atoms with Crippen LogP contribution in [0.2, 0.25) is 5.15 Å². The smallest absolute Gasteiger partial charge is 0.129 e. The third-order valence-electron chi connectivity index (χ3n) is 3.19. The van der Waals surface area contributed by atoms with E-state index in [0.29, 0.717) is 5.15 Å². The van der Waals surface area contributed by atoms with E-state index in [2.05, 4.69) is 73.5 Å². The van der Waals surface area contributed by atoms with Crippen molar-refractivity contribution < 1.29 is 0 Å². The van der Waals surface area contributed by atoms with Crippen LogP contribution in [0.15, 0.2) is 41.3 Å². The van der Waals surface area contributed by atoms with Gasteiger partial charge in [-0.2, -0.15) is 0 Å². The number of nitrogens with zero attached hydrogens (tertiary/aromatic N) is 2. The first-order valence-corrected chi connectivity index (χ1v) is 8.41. The van der Waals surface area contributed by atoms with E-state index in [1.807, 2.05) is 24.4 Å². The highest BCUT2D eigenvalue weighted by atomic mass is 79.9. The van der Waals surface area contributed by atoms with E-state index in [1.165, 1.54) is 11.1 Å². The molecule has 0 aliphatic heterocycles. The molecule has 120 valence electrons. The molecule has 0 radical (unpaired) electrons. The first kappa shape index (κ1) is 19.1. The number of hydrogen-bond donors (Lipinski definition) is 0. The molecule has 0 aliphatic carbocycles. The minimum absolute atomic E-state index is 0.159. The molecule has 0 saturated carbocycles. The van der Waals surface area contributed by atoms with Gasteiger partial charge in [0, 0.05) is 12.4 Å². The minimum atomic E-state index is 0.159. The Morgan fingerprint density at radius 2 is 1.27 bits per heavy atom. The second kappa shape index (κ2) is 7.56. The molecule has 0 aliphatic rings. The molecule has 0 fully saturated rings. The molecule has 0 amide bonds. The number of hydrogen-bond acceptors (Lipinski definition) is 2. The average Bonchev–Trinajstić information content (AvgIpc) is 2.37. The molecule has 0 unspecified atom stereocenters. The Kier molecular flexibility index (Phi) is 6.57. The summed E-state index contributed by atoms with van der Waals surface area (Å²) in [7, 11) is 0. The van der Waals surface area contributed by atoms with Crippen LogP contribution in [0, 0.1) is 0 Å². The predicted octanol–water partition coefficient (Wildman–Crippen LogP) is 6.17. The van der Waals surface area contributed by atoms with Crippen molar-refractivity contribution in [1.29, 1.82) is 0 Å². The number of halogens is 2. The summed E-state index contributed by atoms with van der Waals surface area (Å²) in [6.07, 6.45) is 3.56. The molecule has 0 N–H and O–H groups in total. The average molecular weight is 384 g/mol. The lowest BCUT2D eigenvalue weighted by Crippen LogP contribution is -2.10. The Balaban J connectivity index is 0.000000220. The fourth-order valence-electron chi connectivity index (χ4n) is 1.74. The first-order chi connectivity index (χ1) is 10.00. The molecular formula is C18H24BrClN2. The Morgan fingerprint density at radius 3 is 1.59 bits per heavy atom. The molecular weight excluding hydrogens is 360 g/mol. The fraction of sp³-hybridized carbons (Fsp3) is 0.444. The van der Waals surface area contributed by atoms with Crippen molar-refractivity contribution in [3.05, 3.63) is 57.5 Å². The Morgan fingerprint density at radius 1 is 0.818 bits per heavy atom. The molecule has 2 aromatic heterocycles. The van der Waals surface area contributed by atoms with E-state index in [0.717, 1.165) is 4.60 Å². The van der Waals surface area contributed by atoms with Gasteiger partial charge in [0.25, 0.3) is 0 Å². The molecule has 0 saturated heterocycles. The van der Waals surface area contributed by atoms with E-state index in [-0.39, 0.29) is 10.8 Å². The Hall–Kier alpha value is -0.930. The summed E-state index contributed by atoms with van der Waals surface area (Å²) in [5, 5.41) is 0.567. The molecule has 0 bridgehead atoms. The topological polar surface area (TPSA) is 25.8 Å². The summed E-state index contributed by atoms with van der Waals surface area (Å²) in [6.45, 7) is 13.0. The molecule has 0 aromatic carbocycles. The van der Waals surface area contributed by atoms with Crippen molar-refractivity contribution in [2.75, 3.05) is 0 Å². The van der Waals surface area contributed by atoms with Gasteiger partial charge < -0.3 is 0 Å². The molecule has 2 nitrogen and oxygen atoms in total.